The van der Waals surface area contributed by atoms with Crippen LogP contribution in [0.3, 0.4) is 0 Å². The predicted octanol–water partition coefficient (Wildman–Crippen LogP) is 0.918. The van der Waals surface area contributed by atoms with E-state index in [0.29, 0.717) is 29.4 Å². The van der Waals surface area contributed by atoms with Crippen LogP contribution < -0.4 is 10.1 Å². The highest BCUT2D eigenvalue weighted by atomic mass is 35.5. The molecule has 0 radical (unpaired) electrons. The van der Waals surface area contributed by atoms with Gasteiger partial charge in [0.25, 0.3) is 5.91 Å². The Morgan fingerprint density at radius 3 is 2.77 bits per heavy atom. The van der Waals surface area contributed by atoms with Gasteiger partial charge in [-0.05, 0) is 18.2 Å². The van der Waals surface area contributed by atoms with Crippen LogP contribution in [0.1, 0.15) is 17.3 Å². The minimum absolute atomic E-state index is 0.0908. The minimum atomic E-state index is -0.246. The molecule has 0 unspecified atom stereocenters. The standard InChI is InChI=1S/C15H19ClN2O4/c1-9(20)17-13-7-18(6-10(13)8-19)15(21)12-4-3-11(16)5-14(12)22-2/h3-5,10,13,19H,6-8H2,1-2H3,(H,17,20)/t10-,13+/m0/s1. The molecule has 2 rings (SSSR count). The van der Waals surface area contributed by atoms with Crippen LogP contribution in [0, 0.1) is 5.92 Å². The van der Waals surface area contributed by atoms with E-state index >= 15 is 0 Å². The molecule has 2 amide bonds. The van der Waals surface area contributed by atoms with E-state index in [-0.39, 0.29) is 30.4 Å². The van der Waals surface area contributed by atoms with Crippen molar-refractivity contribution < 1.29 is 19.4 Å². The molecule has 1 heterocycles. The highest BCUT2D eigenvalue weighted by Gasteiger charge is 2.36. The smallest absolute Gasteiger partial charge is 0.257 e. The number of amides is 2. The fourth-order valence-electron chi connectivity index (χ4n) is 2.66. The van der Waals surface area contributed by atoms with Crippen molar-refractivity contribution in [2.75, 3.05) is 26.8 Å². The average Bonchev–Trinajstić information content (AvgIpc) is 2.88. The van der Waals surface area contributed by atoms with Crippen LogP contribution in [-0.4, -0.2) is 54.7 Å². The molecule has 0 spiro atoms. The molecule has 0 aliphatic carbocycles. The Hall–Kier alpha value is -1.79. The van der Waals surface area contributed by atoms with E-state index < -0.39 is 0 Å². The lowest BCUT2D eigenvalue weighted by atomic mass is 10.1. The molecule has 1 aliphatic rings. The van der Waals surface area contributed by atoms with Gasteiger partial charge in [0.2, 0.25) is 5.91 Å². The molecule has 0 bridgehead atoms. The largest absolute Gasteiger partial charge is 0.496 e. The molecular weight excluding hydrogens is 308 g/mol. The van der Waals surface area contributed by atoms with Crippen LogP contribution in [0.15, 0.2) is 18.2 Å². The number of hydrogen-bond acceptors (Lipinski definition) is 4. The SMILES string of the molecule is COc1cc(Cl)ccc1C(=O)N1C[C@@H](CO)[C@H](NC(C)=O)C1. The molecule has 0 aromatic heterocycles. The highest BCUT2D eigenvalue weighted by molar-refractivity contribution is 6.30. The van der Waals surface area contributed by atoms with E-state index in [1.165, 1.54) is 14.0 Å². The molecule has 6 nitrogen and oxygen atoms in total. The number of halogens is 1. The molecule has 7 heteroatoms. The van der Waals surface area contributed by atoms with Crippen molar-refractivity contribution in [2.45, 2.75) is 13.0 Å². The Morgan fingerprint density at radius 2 is 2.18 bits per heavy atom. The number of aliphatic hydroxyl groups excluding tert-OH is 1. The Kier molecular flexibility index (Phi) is 5.26. The molecule has 120 valence electrons. The second kappa shape index (κ2) is 6.98. The first-order valence-corrected chi connectivity index (χ1v) is 7.34. The van der Waals surface area contributed by atoms with Crippen molar-refractivity contribution in [3.05, 3.63) is 28.8 Å². The monoisotopic (exact) mass is 326 g/mol. The van der Waals surface area contributed by atoms with Gasteiger partial charge in [-0.3, -0.25) is 9.59 Å². The van der Waals surface area contributed by atoms with E-state index in [1.54, 1.807) is 23.1 Å². The summed E-state index contributed by atoms with van der Waals surface area (Å²) in [5.41, 5.74) is 0.409. The number of aliphatic hydroxyl groups is 1. The number of nitrogens with zero attached hydrogens (tertiary/aromatic N) is 1. The first-order valence-electron chi connectivity index (χ1n) is 6.97. The van der Waals surface area contributed by atoms with Gasteiger partial charge in [0.05, 0.1) is 18.7 Å². The maximum atomic E-state index is 12.6. The summed E-state index contributed by atoms with van der Waals surface area (Å²) in [5.74, 6) is -0.159. The summed E-state index contributed by atoms with van der Waals surface area (Å²) in [5, 5.41) is 12.7. The molecule has 1 aromatic carbocycles. The summed E-state index contributed by atoms with van der Waals surface area (Å²) in [6.45, 7) is 2.06. The summed E-state index contributed by atoms with van der Waals surface area (Å²) in [6.07, 6.45) is 0. The first-order chi connectivity index (χ1) is 10.5. The van der Waals surface area contributed by atoms with E-state index in [2.05, 4.69) is 5.32 Å². The van der Waals surface area contributed by atoms with Gasteiger partial charge in [-0.2, -0.15) is 0 Å². The van der Waals surface area contributed by atoms with Gasteiger partial charge in [0, 0.05) is 37.6 Å². The Labute approximate surface area is 134 Å². The number of hydrogen-bond donors (Lipinski definition) is 2. The topological polar surface area (TPSA) is 78.9 Å². The van der Waals surface area contributed by atoms with E-state index in [0.717, 1.165) is 0 Å². The molecule has 1 aliphatic heterocycles. The lowest BCUT2D eigenvalue weighted by Gasteiger charge is -2.18. The summed E-state index contributed by atoms with van der Waals surface area (Å²) >= 11 is 5.90. The third-order valence-electron chi connectivity index (χ3n) is 3.75. The molecular formula is C15H19ClN2O4. The summed E-state index contributed by atoms with van der Waals surface area (Å²) in [6, 6.07) is 4.58. The molecule has 1 fully saturated rings. The van der Waals surface area contributed by atoms with E-state index in [1.807, 2.05) is 0 Å². The zero-order chi connectivity index (χ0) is 16.3. The predicted molar refractivity (Wildman–Crippen MR) is 82.1 cm³/mol. The number of likely N-dealkylation sites (tertiary alicyclic amines) is 1. The van der Waals surface area contributed by atoms with Crippen LogP contribution in [0.2, 0.25) is 5.02 Å². The molecule has 0 saturated carbocycles. The zero-order valence-corrected chi connectivity index (χ0v) is 13.3. The van der Waals surface area contributed by atoms with Crippen molar-refractivity contribution in [2.24, 2.45) is 5.92 Å². The van der Waals surface area contributed by atoms with Crippen molar-refractivity contribution in [1.82, 2.24) is 10.2 Å². The molecule has 1 aromatic rings. The van der Waals surface area contributed by atoms with Crippen LogP contribution in [0.4, 0.5) is 0 Å². The number of benzene rings is 1. The number of rotatable bonds is 4. The van der Waals surface area contributed by atoms with Gasteiger partial charge in [-0.25, -0.2) is 0 Å². The van der Waals surface area contributed by atoms with Crippen molar-refractivity contribution in [1.29, 1.82) is 0 Å². The summed E-state index contributed by atoms with van der Waals surface area (Å²) in [7, 11) is 1.48. The second-order valence-electron chi connectivity index (χ2n) is 5.30. The van der Waals surface area contributed by atoms with Gasteiger partial charge in [0.1, 0.15) is 5.75 Å². The van der Waals surface area contributed by atoms with Crippen molar-refractivity contribution >= 4 is 23.4 Å². The zero-order valence-electron chi connectivity index (χ0n) is 12.5. The minimum Gasteiger partial charge on any atom is -0.496 e. The van der Waals surface area contributed by atoms with Gasteiger partial charge in [-0.15, -0.1) is 0 Å². The summed E-state index contributed by atoms with van der Waals surface area (Å²) < 4.78 is 5.20. The average molecular weight is 327 g/mol. The first kappa shape index (κ1) is 16.6. The summed E-state index contributed by atoms with van der Waals surface area (Å²) in [4.78, 5) is 25.5. The van der Waals surface area contributed by atoms with E-state index in [9.17, 15) is 14.7 Å². The number of carbonyl (C=O) groups is 2. The maximum absolute atomic E-state index is 12.6. The number of carbonyl (C=O) groups excluding carboxylic acids is 2. The normalized spacial score (nSPS) is 20.8. The second-order valence-corrected chi connectivity index (χ2v) is 5.74. The Morgan fingerprint density at radius 1 is 1.45 bits per heavy atom. The third kappa shape index (κ3) is 3.51. The molecule has 2 N–H and O–H groups in total. The van der Waals surface area contributed by atoms with Gasteiger partial charge in [0.15, 0.2) is 0 Å². The third-order valence-corrected chi connectivity index (χ3v) is 3.98. The van der Waals surface area contributed by atoms with Crippen LogP contribution >= 0.6 is 11.6 Å². The van der Waals surface area contributed by atoms with Crippen molar-refractivity contribution in [3.8, 4) is 5.75 Å². The number of nitrogens with one attached hydrogen (secondary N) is 1. The van der Waals surface area contributed by atoms with Gasteiger partial charge in [-0.1, -0.05) is 11.6 Å². The highest BCUT2D eigenvalue weighted by Crippen LogP contribution is 2.27. The maximum Gasteiger partial charge on any atom is 0.257 e. The quantitative estimate of drug-likeness (QED) is 0.862. The van der Waals surface area contributed by atoms with Gasteiger partial charge < -0.3 is 20.1 Å². The number of methoxy groups -OCH3 is 1. The van der Waals surface area contributed by atoms with Crippen LogP contribution in [0.5, 0.6) is 5.75 Å². The Balaban J connectivity index is 2.18. The number of ether oxygens (including phenoxy) is 1. The van der Waals surface area contributed by atoms with E-state index in [4.69, 9.17) is 16.3 Å². The fourth-order valence-corrected chi connectivity index (χ4v) is 2.82. The van der Waals surface area contributed by atoms with Crippen LogP contribution in [0.25, 0.3) is 0 Å². The van der Waals surface area contributed by atoms with Crippen molar-refractivity contribution in [3.63, 3.8) is 0 Å². The fraction of sp³-hybridized carbons (Fsp3) is 0.467. The lowest BCUT2D eigenvalue weighted by Crippen LogP contribution is -2.40. The van der Waals surface area contributed by atoms with Gasteiger partial charge >= 0.3 is 0 Å². The Bertz CT molecular complexity index is 579. The molecule has 2 atom stereocenters. The molecule has 1 saturated heterocycles. The van der Waals surface area contributed by atoms with Crippen LogP contribution in [-0.2, 0) is 4.79 Å². The lowest BCUT2D eigenvalue weighted by molar-refractivity contribution is -0.119. The molecule has 22 heavy (non-hydrogen) atoms.